The van der Waals surface area contributed by atoms with E-state index in [0.717, 1.165) is 19.3 Å². The average molecular weight is 217 g/mol. The van der Waals surface area contributed by atoms with E-state index in [1.54, 1.807) is 0 Å². The molecule has 5 nitrogen and oxygen atoms in total. The number of nitrogens with two attached hydrogens (primary N) is 1. The predicted molar refractivity (Wildman–Crippen MR) is 54.3 cm³/mol. The van der Waals surface area contributed by atoms with Crippen LogP contribution in [0.5, 0.6) is 6.01 Å². The summed E-state index contributed by atoms with van der Waals surface area (Å²) >= 11 is 5.57. The maximum atomic E-state index is 5.57. The molecule has 0 saturated heterocycles. The second-order valence-electron chi connectivity index (χ2n) is 2.80. The van der Waals surface area contributed by atoms with E-state index < -0.39 is 0 Å². The molecule has 0 bridgehead atoms. The molecule has 0 radical (unpaired) electrons. The van der Waals surface area contributed by atoms with Gasteiger partial charge in [-0.15, -0.1) is 0 Å². The topological polar surface area (TPSA) is 73.9 Å². The van der Waals surface area contributed by atoms with Gasteiger partial charge in [-0.2, -0.15) is 15.0 Å². The fourth-order valence-electron chi connectivity index (χ4n) is 0.927. The molecular formula is C8H13ClN4O. The van der Waals surface area contributed by atoms with Crippen molar-refractivity contribution in [1.82, 2.24) is 15.0 Å². The molecule has 1 aromatic rings. The van der Waals surface area contributed by atoms with Crippen molar-refractivity contribution in [2.45, 2.75) is 26.2 Å². The van der Waals surface area contributed by atoms with Crippen LogP contribution in [0.1, 0.15) is 26.2 Å². The van der Waals surface area contributed by atoms with E-state index in [1.807, 2.05) is 0 Å². The van der Waals surface area contributed by atoms with Gasteiger partial charge >= 0.3 is 6.01 Å². The highest BCUT2D eigenvalue weighted by Crippen LogP contribution is 2.09. The lowest BCUT2D eigenvalue weighted by molar-refractivity contribution is 0.282. The van der Waals surface area contributed by atoms with Crippen LogP contribution in [0.25, 0.3) is 0 Å². The highest BCUT2D eigenvalue weighted by atomic mass is 35.5. The third-order valence-electron chi connectivity index (χ3n) is 1.58. The van der Waals surface area contributed by atoms with E-state index in [2.05, 4.69) is 21.9 Å². The molecule has 1 heterocycles. The first-order chi connectivity index (χ1) is 6.72. The quantitative estimate of drug-likeness (QED) is 0.758. The Balaban J connectivity index is 2.42. The van der Waals surface area contributed by atoms with Crippen LogP contribution < -0.4 is 10.5 Å². The Labute approximate surface area is 87.7 Å². The van der Waals surface area contributed by atoms with Crippen molar-refractivity contribution >= 4 is 17.5 Å². The van der Waals surface area contributed by atoms with E-state index in [-0.39, 0.29) is 17.2 Å². The van der Waals surface area contributed by atoms with Crippen LogP contribution in [-0.4, -0.2) is 21.6 Å². The SMILES string of the molecule is CCCCCOc1nc(N)nc(Cl)n1. The zero-order chi connectivity index (χ0) is 10.4. The van der Waals surface area contributed by atoms with E-state index in [9.17, 15) is 0 Å². The largest absolute Gasteiger partial charge is 0.463 e. The van der Waals surface area contributed by atoms with E-state index >= 15 is 0 Å². The molecule has 0 spiro atoms. The smallest absolute Gasteiger partial charge is 0.322 e. The first-order valence-electron chi connectivity index (χ1n) is 4.52. The molecule has 0 unspecified atom stereocenters. The summed E-state index contributed by atoms with van der Waals surface area (Å²) in [5.74, 6) is 0.0792. The Morgan fingerprint density at radius 1 is 1.29 bits per heavy atom. The fourth-order valence-corrected chi connectivity index (χ4v) is 1.09. The van der Waals surface area contributed by atoms with Crippen LogP contribution in [0.3, 0.4) is 0 Å². The zero-order valence-electron chi connectivity index (χ0n) is 8.03. The molecule has 14 heavy (non-hydrogen) atoms. The lowest BCUT2D eigenvalue weighted by Crippen LogP contribution is -2.04. The number of aromatic nitrogens is 3. The van der Waals surface area contributed by atoms with Crippen molar-refractivity contribution in [3.8, 4) is 6.01 Å². The Hall–Kier alpha value is -1.10. The molecule has 0 aromatic carbocycles. The van der Waals surface area contributed by atoms with Crippen LogP contribution in [0, 0.1) is 0 Å². The van der Waals surface area contributed by atoms with Crippen molar-refractivity contribution in [1.29, 1.82) is 0 Å². The minimum atomic E-state index is 0.0583. The molecule has 78 valence electrons. The number of nitrogens with zero attached hydrogens (tertiary/aromatic N) is 3. The van der Waals surface area contributed by atoms with Crippen LogP contribution in [0.2, 0.25) is 5.28 Å². The minimum absolute atomic E-state index is 0.0583. The van der Waals surface area contributed by atoms with Crippen LogP contribution in [-0.2, 0) is 0 Å². The van der Waals surface area contributed by atoms with Crippen LogP contribution in [0.4, 0.5) is 5.95 Å². The molecule has 2 N–H and O–H groups in total. The van der Waals surface area contributed by atoms with Gasteiger partial charge in [-0.3, -0.25) is 0 Å². The van der Waals surface area contributed by atoms with Gasteiger partial charge in [0.15, 0.2) is 0 Å². The maximum Gasteiger partial charge on any atom is 0.322 e. The summed E-state index contributed by atoms with van der Waals surface area (Å²) in [4.78, 5) is 11.2. The van der Waals surface area contributed by atoms with E-state index in [0.29, 0.717) is 6.61 Å². The molecule has 0 aliphatic heterocycles. The van der Waals surface area contributed by atoms with Crippen LogP contribution >= 0.6 is 11.6 Å². The third-order valence-corrected chi connectivity index (χ3v) is 1.75. The van der Waals surface area contributed by atoms with Crippen molar-refractivity contribution in [2.24, 2.45) is 0 Å². The molecule has 0 amide bonds. The number of ether oxygens (including phenoxy) is 1. The van der Waals surface area contributed by atoms with Crippen molar-refractivity contribution in [3.63, 3.8) is 0 Å². The highest BCUT2D eigenvalue weighted by Gasteiger charge is 2.02. The first kappa shape index (κ1) is 11.0. The molecular weight excluding hydrogens is 204 g/mol. The van der Waals surface area contributed by atoms with Crippen molar-refractivity contribution in [3.05, 3.63) is 5.28 Å². The van der Waals surface area contributed by atoms with Crippen molar-refractivity contribution < 1.29 is 4.74 Å². The molecule has 0 saturated carbocycles. The Bertz CT molecular complexity index is 274. The van der Waals surface area contributed by atoms with E-state index in [4.69, 9.17) is 22.1 Å². The lowest BCUT2D eigenvalue weighted by Gasteiger charge is -2.03. The van der Waals surface area contributed by atoms with E-state index in [1.165, 1.54) is 0 Å². The van der Waals surface area contributed by atoms with Gasteiger partial charge in [0.25, 0.3) is 0 Å². The molecule has 0 aliphatic carbocycles. The number of nitrogen functional groups attached to an aromatic ring is 1. The standard InChI is InChI=1S/C8H13ClN4O/c1-2-3-4-5-14-8-12-6(9)11-7(10)13-8/h2-5H2,1H3,(H2,10,11,12,13). The lowest BCUT2D eigenvalue weighted by atomic mass is 10.3. The van der Waals surface area contributed by atoms with Gasteiger partial charge in [0, 0.05) is 0 Å². The molecule has 6 heteroatoms. The van der Waals surface area contributed by atoms with Gasteiger partial charge < -0.3 is 10.5 Å². The van der Waals surface area contributed by atoms with Gasteiger partial charge in [-0.1, -0.05) is 19.8 Å². The predicted octanol–water partition coefficient (Wildman–Crippen LogP) is 1.68. The number of halogens is 1. The highest BCUT2D eigenvalue weighted by molar-refractivity contribution is 6.28. The number of unbranched alkanes of at least 4 members (excludes halogenated alkanes) is 2. The number of hydrogen-bond donors (Lipinski definition) is 1. The second-order valence-corrected chi connectivity index (χ2v) is 3.14. The Morgan fingerprint density at radius 2 is 2.07 bits per heavy atom. The van der Waals surface area contributed by atoms with Gasteiger partial charge in [0.05, 0.1) is 6.61 Å². The summed E-state index contributed by atoms with van der Waals surface area (Å²) in [7, 11) is 0. The second kappa shape index (κ2) is 5.59. The van der Waals surface area contributed by atoms with Crippen molar-refractivity contribution in [2.75, 3.05) is 12.3 Å². The summed E-state index contributed by atoms with van der Waals surface area (Å²) in [5.41, 5.74) is 5.36. The summed E-state index contributed by atoms with van der Waals surface area (Å²) in [6.07, 6.45) is 3.23. The normalized spacial score (nSPS) is 10.1. The Morgan fingerprint density at radius 3 is 2.71 bits per heavy atom. The van der Waals surface area contributed by atoms with Crippen LogP contribution in [0.15, 0.2) is 0 Å². The molecule has 0 aliphatic rings. The number of rotatable bonds is 5. The maximum absolute atomic E-state index is 5.57. The molecule has 0 atom stereocenters. The summed E-state index contributed by atoms with van der Waals surface area (Å²) in [6.45, 7) is 2.70. The zero-order valence-corrected chi connectivity index (χ0v) is 8.79. The Kier molecular flexibility index (Phi) is 4.39. The van der Waals surface area contributed by atoms with Gasteiger partial charge in [0.1, 0.15) is 0 Å². The average Bonchev–Trinajstić information content (AvgIpc) is 2.11. The summed E-state index contributed by atoms with van der Waals surface area (Å²) < 4.78 is 5.24. The third kappa shape index (κ3) is 3.74. The summed E-state index contributed by atoms with van der Waals surface area (Å²) in [6, 6.07) is 0.193. The number of hydrogen-bond acceptors (Lipinski definition) is 5. The van der Waals surface area contributed by atoms with Gasteiger partial charge in [-0.25, -0.2) is 0 Å². The molecule has 1 aromatic heterocycles. The molecule has 0 fully saturated rings. The number of anilines is 1. The van der Waals surface area contributed by atoms with Gasteiger partial charge in [-0.05, 0) is 18.0 Å². The van der Waals surface area contributed by atoms with Gasteiger partial charge in [0.2, 0.25) is 11.2 Å². The summed E-state index contributed by atoms with van der Waals surface area (Å²) in [5, 5.41) is 0.0583. The minimum Gasteiger partial charge on any atom is -0.463 e. The molecule has 1 rings (SSSR count). The fraction of sp³-hybridized carbons (Fsp3) is 0.625. The monoisotopic (exact) mass is 216 g/mol. The first-order valence-corrected chi connectivity index (χ1v) is 4.90.